The molecule has 2 heterocycles. The second-order valence-corrected chi connectivity index (χ2v) is 4.94. The van der Waals surface area contributed by atoms with Crippen molar-refractivity contribution in [2.75, 3.05) is 7.11 Å². The number of thiophene rings is 1. The third kappa shape index (κ3) is 3.06. The molecule has 0 N–H and O–H groups in total. The largest absolute Gasteiger partial charge is 0.484 e. The monoisotopic (exact) mass is 223 g/mol. The molecule has 82 valence electrons. The zero-order chi connectivity index (χ0) is 10.5. The summed E-state index contributed by atoms with van der Waals surface area (Å²) in [7, 11) is 1.73. The predicted octanol–water partition coefficient (Wildman–Crippen LogP) is 3.28. The molecule has 0 radical (unpaired) electrons. The van der Waals surface area contributed by atoms with Gasteiger partial charge in [0.15, 0.2) is 5.90 Å². The van der Waals surface area contributed by atoms with Gasteiger partial charge in [0.1, 0.15) is 0 Å². The van der Waals surface area contributed by atoms with E-state index >= 15 is 0 Å². The van der Waals surface area contributed by atoms with Gasteiger partial charge in [0, 0.05) is 17.7 Å². The highest BCUT2D eigenvalue weighted by atomic mass is 32.1. The SMILES string of the molecule is COC1=NC(Cc2cccs2)CCCC1. The minimum absolute atomic E-state index is 0.432. The standard InChI is InChI=1S/C12H17NOS/c1-14-12-7-3-2-5-10(13-12)9-11-6-4-8-15-11/h4,6,8,10H,2-3,5,7,9H2,1H3. The lowest BCUT2D eigenvalue weighted by molar-refractivity contribution is 0.386. The van der Waals surface area contributed by atoms with Gasteiger partial charge in [-0.3, -0.25) is 4.99 Å². The average molecular weight is 223 g/mol. The summed E-state index contributed by atoms with van der Waals surface area (Å²) in [5.74, 6) is 0.939. The number of rotatable bonds is 2. The maximum atomic E-state index is 5.27. The second kappa shape index (κ2) is 5.31. The fourth-order valence-electron chi connectivity index (χ4n) is 1.95. The van der Waals surface area contributed by atoms with Crippen molar-refractivity contribution in [3.05, 3.63) is 22.4 Å². The third-order valence-corrected chi connectivity index (χ3v) is 3.66. The Morgan fingerprint density at radius 2 is 2.47 bits per heavy atom. The molecule has 1 aromatic heterocycles. The van der Waals surface area contributed by atoms with E-state index in [1.165, 1.54) is 24.1 Å². The van der Waals surface area contributed by atoms with Crippen LogP contribution in [0.3, 0.4) is 0 Å². The first-order chi connectivity index (χ1) is 7.38. The molecule has 0 spiro atoms. The second-order valence-electron chi connectivity index (χ2n) is 3.91. The molecule has 0 aromatic carbocycles. The topological polar surface area (TPSA) is 21.6 Å². The third-order valence-electron chi connectivity index (χ3n) is 2.76. The molecule has 1 aliphatic rings. The highest BCUT2D eigenvalue weighted by Gasteiger charge is 2.14. The van der Waals surface area contributed by atoms with Crippen LogP contribution < -0.4 is 0 Å². The molecule has 0 aliphatic carbocycles. The van der Waals surface area contributed by atoms with E-state index in [0.29, 0.717) is 6.04 Å². The predicted molar refractivity (Wildman–Crippen MR) is 64.7 cm³/mol. The van der Waals surface area contributed by atoms with Crippen LogP contribution in [0.2, 0.25) is 0 Å². The van der Waals surface area contributed by atoms with E-state index in [0.717, 1.165) is 18.7 Å². The molecule has 1 aliphatic heterocycles. The summed E-state index contributed by atoms with van der Waals surface area (Å²) in [6.45, 7) is 0. The van der Waals surface area contributed by atoms with Crippen LogP contribution in [0.15, 0.2) is 22.5 Å². The lowest BCUT2D eigenvalue weighted by atomic mass is 10.1. The van der Waals surface area contributed by atoms with Crippen molar-refractivity contribution < 1.29 is 4.74 Å². The first kappa shape index (κ1) is 10.7. The van der Waals surface area contributed by atoms with E-state index in [4.69, 9.17) is 4.74 Å². The first-order valence-corrected chi connectivity index (χ1v) is 6.39. The summed E-state index contributed by atoms with van der Waals surface area (Å²) < 4.78 is 5.27. The number of hydrogen-bond donors (Lipinski definition) is 0. The van der Waals surface area contributed by atoms with E-state index in [-0.39, 0.29) is 0 Å². The van der Waals surface area contributed by atoms with Crippen LogP contribution >= 0.6 is 11.3 Å². The summed E-state index contributed by atoms with van der Waals surface area (Å²) in [4.78, 5) is 6.10. The molecule has 15 heavy (non-hydrogen) atoms. The van der Waals surface area contributed by atoms with Crippen LogP contribution in [-0.4, -0.2) is 19.0 Å². The number of aliphatic imine (C=N–C) groups is 1. The molecule has 0 bridgehead atoms. The summed E-state index contributed by atoms with van der Waals surface area (Å²) in [6.07, 6.45) is 5.77. The average Bonchev–Trinajstić information content (AvgIpc) is 2.64. The van der Waals surface area contributed by atoms with Crippen molar-refractivity contribution in [1.29, 1.82) is 0 Å². The highest BCUT2D eigenvalue weighted by molar-refractivity contribution is 7.09. The van der Waals surface area contributed by atoms with Gasteiger partial charge in [-0.1, -0.05) is 12.5 Å². The fraction of sp³-hybridized carbons (Fsp3) is 0.583. The molecular formula is C12H17NOS. The lowest BCUT2D eigenvalue weighted by Gasteiger charge is -2.09. The number of nitrogens with zero attached hydrogens (tertiary/aromatic N) is 1. The van der Waals surface area contributed by atoms with Crippen molar-refractivity contribution in [1.82, 2.24) is 0 Å². The van der Waals surface area contributed by atoms with Crippen LogP contribution in [0.4, 0.5) is 0 Å². The molecule has 0 amide bonds. The number of ether oxygens (including phenoxy) is 1. The fourth-order valence-corrected chi connectivity index (χ4v) is 2.73. The number of methoxy groups -OCH3 is 1. The van der Waals surface area contributed by atoms with Gasteiger partial charge in [-0.05, 0) is 24.3 Å². The van der Waals surface area contributed by atoms with Crippen LogP contribution in [0.5, 0.6) is 0 Å². The smallest absolute Gasteiger partial charge is 0.183 e. The van der Waals surface area contributed by atoms with Crippen LogP contribution in [0.25, 0.3) is 0 Å². The van der Waals surface area contributed by atoms with Gasteiger partial charge in [-0.25, -0.2) is 0 Å². The first-order valence-electron chi connectivity index (χ1n) is 5.51. The van der Waals surface area contributed by atoms with Gasteiger partial charge in [-0.15, -0.1) is 11.3 Å². The molecule has 0 saturated carbocycles. The molecule has 3 heteroatoms. The molecular weight excluding hydrogens is 206 g/mol. The van der Waals surface area contributed by atoms with Crippen molar-refractivity contribution in [3.8, 4) is 0 Å². The van der Waals surface area contributed by atoms with E-state index in [1.54, 1.807) is 7.11 Å². The van der Waals surface area contributed by atoms with Crippen LogP contribution in [-0.2, 0) is 11.2 Å². The van der Waals surface area contributed by atoms with Gasteiger partial charge in [0.25, 0.3) is 0 Å². The Labute approximate surface area is 95.0 Å². The number of hydrogen-bond acceptors (Lipinski definition) is 3. The molecule has 0 fully saturated rings. The Hall–Kier alpha value is -0.830. The maximum Gasteiger partial charge on any atom is 0.183 e. The highest BCUT2D eigenvalue weighted by Crippen LogP contribution is 2.20. The zero-order valence-corrected chi connectivity index (χ0v) is 9.93. The van der Waals surface area contributed by atoms with Crippen LogP contribution in [0.1, 0.15) is 30.6 Å². The molecule has 0 saturated heterocycles. The maximum absolute atomic E-state index is 5.27. The van der Waals surface area contributed by atoms with E-state index in [2.05, 4.69) is 22.5 Å². The van der Waals surface area contributed by atoms with Crippen molar-refractivity contribution in [3.63, 3.8) is 0 Å². The van der Waals surface area contributed by atoms with Crippen molar-refractivity contribution in [2.24, 2.45) is 4.99 Å². The molecule has 2 rings (SSSR count). The van der Waals surface area contributed by atoms with E-state index in [9.17, 15) is 0 Å². The summed E-state index contributed by atoms with van der Waals surface area (Å²) in [5.41, 5.74) is 0. The quantitative estimate of drug-likeness (QED) is 0.754. The molecule has 1 unspecified atom stereocenters. The Morgan fingerprint density at radius 3 is 3.20 bits per heavy atom. The van der Waals surface area contributed by atoms with Crippen molar-refractivity contribution in [2.45, 2.75) is 38.1 Å². The van der Waals surface area contributed by atoms with Gasteiger partial charge in [0.2, 0.25) is 0 Å². The van der Waals surface area contributed by atoms with Gasteiger partial charge < -0.3 is 4.74 Å². The minimum Gasteiger partial charge on any atom is -0.484 e. The molecule has 1 atom stereocenters. The van der Waals surface area contributed by atoms with Crippen molar-refractivity contribution >= 4 is 17.2 Å². The molecule has 1 aromatic rings. The summed E-state index contributed by atoms with van der Waals surface area (Å²) in [5, 5.41) is 2.13. The van der Waals surface area contributed by atoms with Gasteiger partial charge >= 0.3 is 0 Å². The van der Waals surface area contributed by atoms with E-state index < -0.39 is 0 Å². The van der Waals surface area contributed by atoms with Gasteiger partial charge in [-0.2, -0.15) is 0 Å². The lowest BCUT2D eigenvalue weighted by Crippen LogP contribution is -2.10. The normalized spacial score (nSPS) is 21.9. The Balaban J connectivity index is 2.00. The Kier molecular flexibility index (Phi) is 3.78. The Morgan fingerprint density at radius 1 is 1.53 bits per heavy atom. The van der Waals surface area contributed by atoms with Crippen LogP contribution in [0, 0.1) is 0 Å². The Bertz CT molecular complexity index is 318. The zero-order valence-electron chi connectivity index (χ0n) is 9.11. The summed E-state index contributed by atoms with van der Waals surface area (Å²) in [6, 6.07) is 4.73. The summed E-state index contributed by atoms with van der Waals surface area (Å²) >= 11 is 1.82. The minimum atomic E-state index is 0.432. The molecule has 2 nitrogen and oxygen atoms in total. The van der Waals surface area contributed by atoms with Gasteiger partial charge in [0.05, 0.1) is 13.2 Å². The van der Waals surface area contributed by atoms with E-state index in [1.807, 2.05) is 11.3 Å².